The first-order chi connectivity index (χ1) is 8.18. The zero-order chi connectivity index (χ0) is 12.3. The van der Waals surface area contributed by atoms with E-state index in [1.165, 1.54) is 35.8 Å². The molecule has 0 aliphatic carbocycles. The van der Waals surface area contributed by atoms with Crippen LogP contribution in [0.15, 0.2) is 28.7 Å². The van der Waals surface area contributed by atoms with Gasteiger partial charge in [0.1, 0.15) is 0 Å². The molecule has 0 amide bonds. The van der Waals surface area contributed by atoms with Gasteiger partial charge in [0.05, 0.1) is 0 Å². The molecule has 1 nitrogen and oxygen atoms in total. The minimum Gasteiger partial charge on any atom is -0.298 e. The predicted molar refractivity (Wildman–Crippen MR) is 77.3 cm³/mol. The van der Waals surface area contributed by atoms with Gasteiger partial charge in [-0.15, -0.1) is 0 Å². The molecule has 0 N–H and O–H groups in total. The molecule has 1 aromatic rings. The Balaban J connectivity index is 2.01. The summed E-state index contributed by atoms with van der Waals surface area (Å²) in [5.74, 6) is 0. The Labute approximate surface area is 113 Å². The fourth-order valence-corrected chi connectivity index (χ4v) is 3.32. The van der Waals surface area contributed by atoms with Crippen LogP contribution in [0.5, 0.6) is 0 Å². The molecule has 1 aromatic carbocycles. The van der Waals surface area contributed by atoms with E-state index in [4.69, 9.17) is 0 Å². The highest BCUT2D eigenvalue weighted by molar-refractivity contribution is 9.10. The van der Waals surface area contributed by atoms with Crippen LogP contribution in [-0.4, -0.2) is 23.5 Å². The highest BCUT2D eigenvalue weighted by atomic mass is 79.9. The Hall–Kier alpha value is -0.340. The minimum atomic E-state index is 0.643. The largest absolute Gasteiger partial charge is 0.298 e. The van der Waals surface area contributed by atoms with E-state index in [0.29, 0.717) is 6.04 Å². The predicted octanol–water partition coefficient (Wildman–Crippen LogP) is 4.25. The van der Waals surface area contributed by atoms with Gasteiger partial charge < -0.3 is 0 Å². The number of piperidine rings is 1. The molecule has 2 rings (SSSR count). The van der Waals surface area contributed by atoms with Crippen LogP contribution >= 0.6 is 15.9 Å². The standard InChI is InChI=1S/C15H22BrN/c1-12-7-5-6-10-17(12)13(2)11-14-8-3-4-9-15(14)16/h3-4,8-9,12-13H,5-7,10-11H2,1-2H3. The molecule has 0 radical (unpaired) electrons. The maximum absolute atomic E-state index is 3.65. The highest BCUT2D eigenvalue weighted by Crippen LogP contribution is 2.23. The van der Waals surface area contributed by atoms with Crippen LogP contribution in [0.25, 0.3) is 0 Å². The third kappa shape index (κ3) is 3.32. The molecule has 0 saturated carbocycles. The van der Waals surface area contributed by atoms with Crippen molar-refractivity contribution in [3.05, 3.63) is 34.3 Å². The van der Waals surface area contributed by atoms with E-state index < -0.39 is 0 Å². The highest BCUT2D eigenvalue weighted by Gasteiger charge is 2.23. The summed E-state index contributed by atoms with van der Waals surface area (Å²) in [7, 11) is 0. The van der Waals surface area contributed by atoms with Crippen molar-refractivity contribution >= 4 is 15.9 Å². The first-order valence-electron chi connectivity index (χ1n) is 6.67. The molecule has 0 aromatic heterocycles. The van der Waals surface area contributed by atoms with Crippen molar-refractivity contribution in [2.45, 2.75) is 51.6 Å². The van der Waals surface area contributed by atoms with Crippen molar-refractivity contribution in [2.75, 3.05) is 6.54 Å². The van der Waals surface area contributed by atoms with Gasteiger partial charge in [0.25, 0.3) is 0 Å². The summed E-state index contributed by atoms with van der Waals surface area (Å²) in [6.45, 7) is 6.00. The van der Waals surface area contributed by atoms with Gasteiger partial charge in [0.2, 0.25) is 0 Å². The normalized spacial score (nSPS) is 23.6. The summed E-state index contributed by atoms with van der Waals surface area (Å²) in [4.78, 5) is 2.67. The molecule has 0 spiro atoms. The quantitative estimate of drug-likeness (QED) is 0.806. The molecule has 1 fully saturated rings. The van der Waals surface area contributed by atoms with Crippen LogP contribution in [-0.2, 0) is 6.42 Å². The maximum Gasteiger partial charge on any atom is 0.0207 e. The molecule has 0 bridgehead atoms. The number of nitrogens with zero attached hydrogens (tertiary/aromatic N) is 1. The number of likely N-dealkylation sites (tertiary alicyclic amines) is 1. The van der Waals surface area contributed by atoms with Crippen molar-refractivity contribution in [3.63, 3.8) is 0 Å². The van der Waals surface area contributed by atoms with Crippen LogP contribution in [0.3, 0.4) is 0 Å². The van der Waals surface area contributed by atoms with Crippen LogP contribution < -0.4 is 0 Å². The van der Waals surface area contributed by atoms with E-state index >= 15 is 0 Å². The second-order valence-electron chi connectivity index (χ2n) is 5.23. The Bertz CT molecular complexity index is 364. The summed E-state index contributed by atoms with van der Waals surface area (Å²) < 4.78 is 1.25. The first-order valence-corrected chi connectivity index (χ1v) is 7.47. The number of hydrogen-bond acceptors (Lipinski definition) is 1. The number of benzene rings is 1. The lowest BCUT2D eigenvalue weighted by molar-refractivity contribution is 0.114. The van der Waals surface area contributed by atoms with Gasteiger partial charge in [-0.2, -0.15) is 0 Å². The van der Waals surface area contributed by atoms with Gasteiger partial charge >= 0.3 is 0 Å². The molecule has 1 aliphatic rings. The molecule has 94 valence electrons. The van der Waals surface area contributed by atoms with Gasteiger partial charge in [-0.1, -0.05) is 40.5 Å². The summed E-state index contributed by atoms with van der Waals surface area (Å²) in [6, 6.07) is 9.98. The molecule has 1 aliphatic heterocycles. The lowest BCUT2D eigenvalue weighted by Gasteiger charge is -2.38. The Kier molecular flexibility index (Phi) is 4.63. The average molecular weight is 296 g/mol. The van der Waals surface area contributed by atoms with Gasteiger partial charge in [0, 0.05) is 16.6 Å². The van der Waals surface area contributed by atoms with Crippen molar-refractivity contribution in [1.29, 1.82) is 0 Å². The van der Waals surface area contributed by atoms with Crippen molar-refractivity contribution in [1.82, 2.24) is 4.90 Å². The minimum absolute atomic E-state index is 0.643. The number of rotatable bonds is 3. The topological polar surface area (TPSA) is 3.24 Å². The SMILES string of the molecule is CC1CCCCN1C(C)Cc1ccccc1Br. The summed E-state index contributed by atoms with van der Waals surface area (Å²) >= 11 is 3.65. The van der Waals surface area contributed by atoms with E-state index in [1.807, 2.05) is 0 Å². The second kappa shape index (κ2) is 6.01. The lowest BCUT2D eigenvalue weighted by atomic mass is 9.98. The molecule has 2 atom stereocenters. The molecule has 1 heterocycles. The van der Waals surface area contributed by atoms with E-state index in [0.717, 1.165) is 12.5 Å². The average Bonchev–Trinajstić information content (AvgIpc) is 2.32. The zero-order valence-corrected chi connectivity index (χ0v) is 12.4. The maximum atomic E-state index is 3.65. The summed E-state index contributed by atoms with van der Waals surface area (Å²) in [6.07, 6.45) is 5.27. The fraction of sp³-hybridized carbons (Fsp3) is 0.600. The van der Waals surface area contributed by atoms with Crippen molar-refractivity contribution in [3.8, 4) is 0 Å². The number of halogens is 1. The van der Waals surface area contributed by atoms with E-state index in [9.17, 15) is 0 Å². The van der Waals surface area contributed by atoms with Crippen LogP contribution in [0.4, 0.5) is 0 Å². The second-order valence-corrected chi connectivity index (χ2v) is 6.08. The summed E-state index contributed by atoms with van der Waals surface area (Å²) in [5, 5.41) is 0. The summed E-state index contributed by atoms with van der Waals surface area (Å²) in [5.41, 5.74) is 1.43. The third-order valence-corrected chi connectivity index (χ3v) is 4.67. The lowest BCUT2D eigenvalue weighted by Crippen LogP contribution is -2.44. The fourth-order valence-electron chi connectivity index (χ4n) is 2.87. The molecule has 1 saturated heterocycles. The molecule has 17 heavy (non-hydrogen) atoms. The monoisotopic (exact) mass is 295 g/mol. The Morgan fingerprint density at radius 1 is 1.35 bits per heavy atom. The van der Waals surface area contributed by atoms with Crippen LogP contribution in [0.1, 0.15) is 38.7 Å². The first kappa shape index (κ1) is 13.1. The van der Waals surface area contributed by atoms with Crippen molar-refractivity contribution in [2.24, 2.45) is 0 Å². The van der Waals surface area contributed by atoms with E-state index in [1.54, 1.807) is 0 Å². The Morgan fingerprint density at radius 3 is 2.82 bits per heavy atom. The smallest absolute Gasteiger partial charge is 0.0207 e. The molecule has 2 unspecified atom stereocenters. The van der Waals surface area contributed by atoms with Crippen molar-refractivity contribution < 1.29 is 0 Å². The number of hydrogen-bond donors (Lipinski definition) is 0. The van der Waals surface area contributed by atoms with Gasteiger partial charge in [-0.25, -0.2) is 0 Å². The van der Waals surface area contributed by atoms with Gasteiger partial charge in [0.15, 0.2) is 0 Å². The van der Waals surface area contributed by atoms with E-state index in [-0.39, 0.29) is 0 Å². The van der Waals surface area contributed by atoms with Gasteiger partial charge in [-0.05, 0) is 51.3 Å². The third-order valence-electron chi connectivity index (χ3n) is 3.89. The van der Waals surface area contributed by atoms with E-state index in [2.05, 4.69) is 58.9 Å². The van der Waals surface area contributed by atoms with Crippen LogP contribution in [0, 0.1) is 0 Å². The molecular formula is C15H22BrN. The van der Waals surface area contributed by atoms with Crippen LogP contribution in [0.2, 0.25) is 0 Å². The molecule has 2 heteroatoms. The Morgan fingerprint density at radius 2 is 2.12 bits per heavy atom. The zero-order valence-electron chi connectivity index (χ0n) is 10.8. The van der Waals surface area contributed by atoms with Gasteiger partial charge in [-0.3, -0.25) is 4.90 Å². The molecular weight excluding hydrogens is 274 g/mol.